The number of likely N-dealkylation sites (N-methyl/N-ethyl adjacent to an activating group) is 1. The van der Waals surface area contributed by atoms with Crippen LogP contribution in [0.2, 0.25) is 0 Å². The number of ether oxygens (including phenoxy) is 1. The van der Waals surface area contributed by atoms with E-state index in [2.05, 4.69) is 4.90 Å². The summed E-state index contributed by atoms with van der Waals surface area (Å²) in [5.41, 5.74) is 2.00. The first-order valence-electron chi connectivity index (χ1n) is 11.0. The molecule has 0 saturated carbocycles. The monoisotopic (exact) mass is 435 g/mol. The average molecular weight is 436 g/mol. The molecule has 7 heteroatoms. The number of hydrogen-bond acceptors (Lipinski definition) is 5. The van der Waals surface area contributed by atoms with E-state index >= 15 is 0 Å². The molecule has 0 aliphatic carbocycles. The first-order chi connectivity index (χ1) is 15.4. The van der Waals surface area contributed by atoms with E-state index in [1.165, 1.54) is 12.0 Å². The number of likely N-dealkylation sites (tertiary alicyclic amines) is 1. The summed E-state index contributed by atoms with van der Waals surface area (Å²) in [6.07, 6.45) is 1.91. The number of rotatable bonds is 6. The maximum atomic E-state index is 13.3. The number of nitrogens with zero attached hydrogens (tertiary/aromatic N) is 3. The Balaban J connectivity index is 1.36. The second-order valence-electron chi connectivity index (χ2n) is 8.53. The maximum Gasteiger partial charge on any atom is 0.337 e. The summed E-state index contributed by atoms with van der Waals surface area (Å²) in [5.74, 6) is -0.413. The van der Waals surface area contributed by atoms with Crippen LogP contribution < -0.4 is 0 Å². The van der Waals surface area contributed by atoms with Crippen LogP contribution in [0.5, 0.6) is 0 Å². The molecule has 0 bridgehead atoms. The quantitative estimate of drug-likeness (QED) is 0.515. The minimum atomic E-state index is -0.737. The van der Waals surface area contributed by atoms with Crippen LogP contribution in [0, 0.1) is 0 Å². The fourth-order valence-corrected chi connectivity index (χ4v) is 4.68. The summed E-state index contributed by atoms with van der Waals surface area (Å²) >= 11 is 0. The molecule has 2 heterocycles. The highest BCUT2D eigenvalue weighted by Gasteiger charge is 2.56. The molecule has 0 atom stereocenters. The van der Waals surface area contributed by atoms with Crippen LogP contribution >= 0.6 is 0 Å². The van der Waals surface area contributed by atoms with E-state index in [0.29, 0.717) is 31.4 Å². The Morgan fingerprint density at radius 3 is 2.25 bits per heavy atom. The summed E-state index contributed by atoms with van der Waals surface area (Å²) in [7, 11) is 3.12. The number of benzene rings is 2. The number of urea groups is 1. The van der Waals surface area contributed by atoms with E-state index in [1.54, 1.807) is 24.1 Å². The Hall–Kier alpha value is -3.19. The Morgan fingerprint density at radius 1 is 0.969 bits per heavy atom. The van der Waals surface area contributed by atoms with Gasteiger partial charge in [-0.05, 0) is 42.5 Å². The van der Waals surface area contributed by atoms with E-state index < -0.39 is 5.54 Å². The molecule has 0 aromatic heterocycles. The molecule has 4 rings (SSSR count). The van der Waals surface area contributed by atoms with Crippen molar-refractivity contribution in [3.63, 3.8) is 0 Å². The van der Waals surface area contributed by atoms with Crippen molar-refractivity contribution < 1.29 is 19.1 Å². The second kappa shape index (κ2) is 9.12. The third-order valence-corrected chi connectivity index (χ3v) is 6.73. The first kappa shape index (κ1) is 22.0. The van der Waals surface area contributed by atoms with Crippen molar-refractivity contribution in [1.29, 1.82) is 0 Å². The molecular formula is C25H29N3O4. The highest BCUT2D eigenvalue weighted by atomic mass is 16.5. The molecule has 2 aromatic rings. The van der Waals surface area contributed by atoms with Crippen LogP contribution in [0.15, 0.2) is 54.6 Å². The number of carbonyl (C=O) groups excluding carboxylic acids is 3. The molecule has 2 saturated heterocycles. The minimum absolute atomic E-state index is 0.0667. The van der Waals surface area contributed by atoms with Gasteiger partial charge in [0.05, 0.1) is 12.7 Å². The summed E-state index contributed by atoms with van der Waals surface area (Å²) < 4.78 is 4.74. The Kier molecular flexibility index (Phi) is 6.28. The summed E-state index contributed by atoms with van der Waals surface area (Å²) in [6.45, 7) is 2.61. The zero-order valence-corrected chi connectivity index (χ0v) is 18.6. The lowest BCUT2D eigenvalue weighted by Gasteiger charge is -2.40. The van der Waals surface area contributed by atoms with E-state index in [1.807, 2.05) is 42.5 Å². The van der Waals surface area contributed by atoms with Crippen molar-refractivity contribution in [2.75, 3.05) is 33.8 Å². The van der Waals surface area contributed by atoms with E-state index in [9.17, 15) is 14.4 Å². The molecule has 32 heavy (non-hydrogen) atoms. The van der Waals surface area contributed by atoms with Gasteiger partial charge in [-0.1, -0.05) is 42.5 Å². The van der Waals surface area contributed by atoms with Gasteiger partial charge in [-0.15, -0.1) is 0 Å². The Morgan fingerprint density at radius 2 is 1.62 bits per heavy atom. The van der Waals surface area contributed by atoms with Crippen molar-refractivity contribution in [3.05, 3.63) is 71.3 Å². The molecule has 2 aliphatic rings. The number of methoxy groups -OCH3 is 1. The SMILES string of the molecule is COC(=O)c1ccc(CN2CCC3(CC2)C(=O)N(CCc2ccccc2)C(=O)N3C)cc1. The minimum Gasteiger partial charge on any atom is -0.465 e. The topological polar surface area (TPSA) is 70.2 Å². The lowest BCUT2D eigenvalue weighted by molar-refractivity contribution is -0.135. The predicted octanol–water partition coefficient (Wildman–Crippen LogP) is 2.94. The van der Waals surface area contributed by atoms with Crippen molar-refractivity contribution in [2.24, 2.45) is 0 Å². The lowest BCUT2D eigenvalue weighted by atomic mass is 9.86. The van der Waals surface area contributed by atoms with Gasteiger partial charge in [-0.25, -0.2) is 9.59 Å². The smallest absolute Gasteiger partial charge is 0.337 e. The van der Waals surface area contributed by atoms with E-state index in [4.69, 9.17) is 4.74 Å². The van der Waals surface area contributed by atoms with Crippen molar-refractivity contribution in [2.45, 2.75) is 31.3 Å². The highest BCUT2D eigenvalue weighted by molar-refractivity contribution is 6.07. The van der Waals surface area contributed by atoms with E-state index in [-0.39, 0.29) is 17.9 Å². The first-order valence-corrected chi connectivity index (χ1v) is 11.0. The number of hydrogen-bond donors (Lipinski definition) is 0. The van der Waals surface area contributed by atoms with Gasteiger partial charge < -0.3 is 9.64 Å². The standard InChI is InChI=1S/C25H29N3O4/c1-26-24(31)28(15-12-19-6-4-3-5-7-19)23(30)25(26)13-16-27(17-14-25)18-20-8-10-21(11-9-20)22(29)32-2/h3-11H,12-18H2,1-2H3. The van der Waals surface area contributed by atoms with Crippen LogP contribution in [0.1, 0.15) is 34.3 Å². The number of carbonyl (C=O) groups is 3. The lowest BCUT2D eigenvalue weighted by Crippen LogP contribution is -2.55. The molecule has 0 N–H and O–H groups in total. The van der Waals surface area contributed by atoms with Gasteiger partial charge in [-0.3, -0.25) is 14.6 Å². The van der Waals surface area contributed by atoms with Gasteiger partial charge in [0.1, 0.15) is 5.54 Å². The fourth-order valence-electron chi connectivity index (χ4n) is 4.68. The molecule has 168 valence electrons. The van der Waals surface area contributed by atoms with Crippen molar-refractivity contribution >= 4 is 17.9 Å². The summed E-state index contributed by atoms with van der Waals surface area (Å²) in [4.78, 5) is 43.2. The molecule has 0 unspecified atom stereocenters. The number of piperidine rings is 1. The Labute approximate surface area is 188 Å². The average Bonchev–Trinajstić information content (AvgIpc) is 3.00. The zero-order chi connectivity index (χ0) is 22.7. The van der Waals surface area contributed by atoms with Crippen LogP contribution in [0.25, 0.3) is 0 Å². The maximum absolute atomic E-state index is 13.3. The third kappa shape index (κ3) is 4.12. The molecule has 1 spiro atoms. The highest BCUT2D eigenvalue weighted by Crippen LogP contribution is 2.36. The van der Waals surface area contributed by atoms with Crippen molar-refractivity contribution in [1.82, 2.24) is 14.7 Å². The van der Waals surface area contributed by atoms with Crippen LogP contribution in [0.3, 0.4) is 0 Å². The van der Waals surface area contributed by atoms with Gasteiger partial charge in [0.2, 0.25) is 0 Å². The van der Waals surface area contributed by atoms with Gasteiger partial charge in [0, 0.05) is 33.2 Å². The second-order valence-corrected chi connectivity index (χ2v) is 8.53. The van der Waals surface area contributed by atoms with Gasteiger partial charge in [0.15, 0.2) is 0 Å². The van der Waals surface area contributed by atoms with Crippen molar-refractivity contribution in [3.8, 4) is 0 Å². The summed E-state index contributed by atoms with van der Waals surface area (Å²) in [6, 6.07) is 17.1. The zero-order valence-electron chi connectivity index (χ0n) is 18.6. The largest absolute Gasteiger partial charge is 0.465 e. The third-order valence-electron chi connectivity index (χ3n) is 6.73. The molecule has 2 aliphatic heterocycles. The molecular weight excluding hydrogens is 406 g/mol. The molecule has 7 nitrogen and oxygen atoms in total. The summed E-state index contributed by atoms with van der Waals surface area (Å²) in [5, 5.41) is 0. The number of amides is 3. The molecule has 2 fully saturated rings. The molecule has 0 radical (unpaired) electrons. The fraction of sp³-hybridized carbons (Fsp3) is 0.400. The van der Waals surface area contributed by atoms with Crippen LogP contribution in [0.4, 0.5) is 4.79 Å². The van der Waals surface area contributed by atoms with Gasteiger partial charge >= 0.3 is 12.0 Å². The van der Waals surface area contributed by atoms with E-state index in [0.717, 1.165) is 30.8 Å². The number of esters is 1. The molecule has 2 aromatic carbocycles. The Bertz CT molecular complexity index is 982. The van der Waals surface area contributed by atoms with Gasteiger partial charge in [-0.2, -0.15) is 0 Å². The molecule has 3 amide bonds. The predicted molar refractivity (Wildman–Crippen MR) is 120 cm³/mol. The van der Waals surface area contributed by atoms with Crippen LogP contribution in [-0.2, 0) is 22.5 Å². The van der Waals surface area contributed by atoms with Gasteiger partial charge in [0.25, 0.3) is 5.91 Å². The van der Waals surface area contributed by atoms with Crippen LogP contribution in [-0.4, -0.2) is 71.9 Å². The number of imide groups is 1. The normalized spacial score (nSPS) is 18.4.